The van der Waals surface area contributed by atoms with Crippen molar-refractivity contribution in [3.63, 3.8) is 0 Å². The number of aryl methyl sites for hydroxylation is 2. The van der Waals surface area contributed by atoms with Crippen LogP contribution in [0.2, 0.25) is 0 Å². The molecule has 0 N–H and O–H groups in total. The SMILES string of the molecule is C.C.C.C.CC.CC.CC.CC.CC(C)N1CCCCc2ccccc21.CC(C)N1CCCc2ccccc21.CC(C)N1CCc2ccccc21.CC(C)N1CCc2ccccc2C1.[CH3-].[CH3-].[CH3-].[CH3-].[Y].[Y].[Y].[Y].[Y].[Y].[Y].[Y].[Y].[Y].[Y].[Y].[Y].[Y].[Y].[Y].[Y].[Y].[Y].[Y].[Y].[Y].[Y].[Y].[Y].[Y].[Y]. The van der Waals surface area contributed by atoms with Gasteiger partial charge in [-0.1, -0.05) is 164 Å². The minimum atomic E-state index is 0. The van der Waals surface area contributed by atoms with Crippen molar-refractivity contribution in [2.24, 2.45) is 0 Å². The Labute approximate surface area is 1280 Å². The molecule has 0 amide bonds. The van der Waals surface area contributed by atoms with E-state index in [1.807, 2.05) is 55.4 Å². The molecule has 4 aliphatic heterocycles. The van der Waals surface area contributed by atoms with Crippen LogP contribution in [0.25, 0.3) is 0 Å². The molecule has 0 atom stereocenters. The molecule has 0 saturated carbocycles. The Morgan fingerprint density at radius 3 is 0.716 bits per heavy atom. The third kappa shape index (κ3) is 107. The van der Waals surface area contributed by atoms with Crippen molar-refractivity contribution in [1.29, 1.82) is 0 Å². The number of nitrogens with zero attached hydrogens (tertiary/aromatic N) is 4. The fraction of sp³-hybridized carbons (Fsp3) is 0.562. The first-order valence-corrected chi connectivity index (χ1v) is 24.5. The Hall–Kier alpha value is 26.0. The van der Waals surface area contributed by atoms with E-state index in [0.29, 0.717) is 24.2 Å². The second-order valence-corrected chi connectivity index (χ2v) is 16.1. The van der Waals surface area contributed by atoms with Crippen molar-refractivity contribution in [2.45, 2.75) is 216 Å². The van der Waals surface area contributed by atoms with Crippen molar-refractivity contribution in [3.05, 3.63) is 155 Å². The van der Waals surface area contributed by atoms with Crippen molar-refractivity contribution in [3.8, 4) is 0 Å². The number of benzene rings is 4. The molecule has 95 heavy (non-hydrogen) atoms. The number of anilines is 3. The Morgan fingerprint density at radius 1 is 0.232 bits per heavy atom. The summed E-state index contributed by atoms with van der Waals surface area (Å²) >= 11 is 0. The zero-order valence-corrected chi connectivity index (χ0v) is 138. The average Bonchev–Trinajstić information content (AvgIpc) is 3.62. The standard InChI is InChI=1S/C13H19N.2C12H17N.C11H15N.4C2H6.4CH4.4CH3.27Y/c1-11(2)14-10-6-5-8-12-7-3-4-9-13(12)14;1-10(2)13-9-5-7-11-6-3-4-8-12(11)13;1-10(2)13-8-7-11-5-3-4-6-12(11)9-13;1-9(2)12-8-7-10-5-3-4-6-11(10)12;4*1-2;;;;;;;;;;;;;;;;;;;;;;;;;;;;;;;;;;;/h3-4,7,9,11H,5-6,8,10H2,1-2H3;3-4,6,8,10H,5,7,9H2,1-2H3;3-6,10H,7-9H2,1-2H3;3-6,9H,7-8H2,1-2H3;4*1-2H3;4*1H4;4*1H3;;;;;;;;;;;;;;;;;;;;;;;;;;;/q;;;;;;;;;;;;4*-1;;;;;;;;;;;;;;;;;;;;;;;;;;;. The molecule has 0 aliphatic carbocycles. The summed E-state index contributed by atoms with van der Waals surface area (Å²) in [5.41, 5.74) is 11.9. The van der Waals surface area contributed by atoms with Crippen molar-refractivity contribution < 1.29 is 883 Å². The summed E-state index contributed by atoms with van der Waals surface area (Å²) in [5, 5.41) is 0. The third-order valence-electron chi connectivity index (χ3n) is 11.2. The van der Waals surface area contributed by atoms with E-state index in [0.717, 1.165) is 6.54 Å². The largest absolute Gasteiger partial charge is 0.369 e. The van der Waals surface area contributed by atoms with Crippen LogP contribution in [0.3, 0.4) is 0 Å². The van der Waals surface area contributed by atoms with Gasteiger partial charge >= 0.3 is 0 Å². The molecule has 4 aromatic carbocycles. The summed E-state index contributed by atoms with van der Waals surface area (Å²) in [6.07, 6.45) is 8.89. The summed E-state index contributed by atoms with van der Waals surface area (Å²) in [5.74, 6) is 0. The fourth-order valence-electron chi connectivity index (χ4n) is 8.21. The smallest absolute Gasteiger partial charge is 0.0401 e. The third-order valence-corrected chi connectivity index (χ3v) is 11.2. The maximum Gasteiger partial charge on any atom is 0.0401 e. The van der Waals surface area contributed by atoms with E-state index < -0.39 is 0 Å². The molecule has 4 nitrogen and oxygen atoms in total. The molecule has 0 spiro atoms. The Balaban J connectivity index is -0.0000000132. The summed E-state index contributed by atoms with van der Waals surface area (Å²) in [7, 11) is 0. The van der Waals surface area contributed by atoms with Gasteiger partial charge in [0.2, 0.25) is 0 Å². The van der Waals surface area contributed by atoms with E-state index in [9.17, 15) is 0 Å². The van der Waals surface area contributed by atoms with Crippen molar-refractivity contribution in [2.75, 3.05) is 40.9 Å². The van der Waals surface area contributed by atoms with Gasteiger partial charge in [0, 0.05) is 957 Å². The molecule has 27 radical (unpaired) electrons. The van der Waals surface area contributed by atoms with Gasteiger partial charge in [-0.3, -0.25) is 4.90 Å². The van der Waals surface area contributed by atoms with Crippen LogP contribution in [0.4, 0.5) is 17.1 Å². The Kier molecular flexibility index (Phi) is 405. The molecular formula is C64H120N4Y27-4. The van der Waals surface area contributed by atoms with E-state index in [4.69, 9.17) is 0 Å². The number of hydrogen-bond donors (Lipinski definition) is 0. The zero-order chi connectivity index (χ0) is 45.0. The van der Waals surface area contributed by atoms with Crippen LogP contribution >= 0.6 is 0 Å². The van der Waals surface area contributed by atoms with Crippen LogP contribution in [0.1, 0.15) is 188 Å². The molecule has 4 heterocycles. The van der Waals surface area contributed by atoms with E-state index in [2.05, 4.69) is 172 Å². The maximum absolute atomic E-state index is 2.53. The van der Waals surface area contributed by atoms with E-state index in [-0.39, 0.29) is 943 Å². The van der Waals surface area contributed by atoms with Crippen LogP contribution in [0, 0.1) is 29.7 Å². The Bertz CT molecular complexity index is 1740. The normalized spacial score (nSPS) is 9.24. The second kappa shape index (κ2) is 163. The molecular weight excluding hydrogens is 3230 g/mol. The van der Waals surface area contributed by atoms with Gasteiger partial charge in [-0.15, -0.1) is 0 Å². The van der Waals surface area contributed by atoms with Crippen molar-refractivity contribution in [1.82, 2.24) is 4.90 Å². The average molecular weight is 3350 g/mol. The van der Waals surface area contributed by atoms with Crippen LogP contribution in [0.15, 0.2) is 97.1 Å². The molecule has 4 aliphatic rings. The van der Waals surface area contributed by atoms with Gasteiger partial charge in [0.05, 0.1) is 0 Å². The molecule has 481 valence electrons. The fourth-order valence-corrected chi connectivity index (χ4v) is 8.21. The van der Waals surface area contributed by atoms with Gasteiger partial charge in [0.25, 0.3) is 0 Å². The topological polar surface area (TPSA) is 13.0 Å². The van der Waals surface area contributed by atoms with Gasteiger partial charge in [0.15, 0.2) is 0 Å². The molecule has 0 aromatic heterocycles. The van der Waals surface area contributed by atoms with E-state index in [1.165, 1.54) is 110 Å². The predicted octanol–water partition coefficient (Wildman–Crippen LogP) is 19.4. The summed E-state index contributed by atoms with van der Waals surface area (Å²) < 4.78 is 0. The van der Waals surface area contributed by atoms with Gasteiger partial charge in [-0.2, -0.15) is 0 Å². The Morgan fingerprint density at radius 2 is 0.442 bits per heavy atom. The van der Waals surface area contributed by atoms with Gasteiger partial charge in [-0.05, 0) is 146 Å². The second-order valence-electron chi connectivity index (χ2n) is 16.1. The zero-order valence-electron chi connectivity index (χ0n) is 61.4. The minimum absolute atomic E-state index is 0. The van der Waals surface area contributed by atoms with Crippen LogP contribution in [0.5, 0.6) is 0 Å². The van der Waals surface area contributed by atoms with Gasteiger partial charge < -0.3 is 44.4 Å². The number of para-hydroxylation sites is 3. The number of hydrogen-bond acceptors (Lipinski definition) is 4. The quantitative estimate of drug-likeness (QED) is 0.189. The first-order chi connectivity index (χ1) is 29.1. The first-order valence-electron chi connectivity index (χ1n) is 24.5. The monoisotopic (exact) mass is 3350 g/mol. The molecule has 0 bridgehead atoms. The molecule has 8 rings (SSSR count). The molecule has 0 fully saturated rings. The molecule has 4 aromatic rings. The van der Waals surface area contributed by atoms with Gasteiger partial charge in [0.1, 0.15) is 0 Å². The van der Waals surface area contributed by atoms with Crippen LogP contribution < -0.4 is 14.7 Å². The van der Waals surface area contributed by atoms with Crippen LogP contribution in [-0.2, 0) is 915 Å². The van der Waals surface area contributed by atoms with E-state index >= 15 is 0 Å². The number of rotatable bonds is 4. The van der Waals surface area contributed by atoms with Gasteiger partial charge in [-0.25, -0.2) is 0 Å². The molecule has 0 saturated heterocycles. The molecule has 31 heteroatoms. The van der Waals surface area contributed by atoms with Crippen molar-refractivity contribution >= 4 is 17.1 Å². The summed E-state index contributed by atoms with van der Waals surface area (Å²) in [4.78, 5) is 10.0. The number of fused-ring (bicyclic) bond motifs is 4. The maximum atomic E-state index is 2.53. The van der Waals surface area contributed by atoms with E-state index in [1.54, 1.807) is 5.56 Å². The minimum Gasteiger partial charge on any atom is -0.369 e. The molecule has 0 unspecified atom stereocenters. The summed E-state index contributed by atoms with van der Waals surface area (Å²) in [6.45, 7) is 40.1. The predicted molar refractivity (Wildman–Crippen MR) is 325 cm³/mol. The summed E-state index contributed by atoms with van der Waals surface area (Å²) in [6, 6.07) is 37.7. The first kappa shape index (κ1) is 236. The van der Waals surface area contributed by atoms with Crippen LogP contribution in [-0.4, -0.2) is 55.2 Å².